The van der Waals surface area contributed by atoms with E-state index in [-0.39, 0.29) is 0 Å². The average Bonchev–Trinajstić information content (AvgIpc) is 2.85. The summed E-state index contributed by atoms with van der Waals surface area (Å²) in [5.41, 5.74) is 0.661. The third-order valence-corrected chi connectivity index (χ3v) is 5.96. The van der Waals surface area contributed by atoms with Crippen LogP contribution in [0.1, 0.15) is 67.7 Å². The second-order valence-corrected chi connectivity index (χ2v) is 6.98. The van der Waals surface area contributed by atoms with Crippen molar-refractivity contribution in [1.82, 2.24) is 0 Å². The average molecular weight is 224 g/mol. The SMILES string of the molecule is CCC(C)C(C)CC(C)C(C)C1(C)CC1C. The maximum Gasteiger partial charge on any atom is -0.0269 e. The molecule has 0 aromatic rings. The van der Waals surface area contributed by atoms with Crippen molar-refractivity contribution in [3.8, 4) is 0 Å². The van der Waals surface area contributed by atoms with Crippen LogP contribution in [-0.2, 0) is 0 Å². The Bertz CT molecular complexity index is 220. The molecule has 0 aromatic carbocycles. The van der Waals surface area contributed by atoms with E-state index < -0.39 is 0 Å². The van der Waals surface area contributed by atoms with Crippen molar-refractivity contribution in [1.29, 1.82) is 0 Å². The van der Waals surface area contributed by atoms with Crippen molar-refractivity contribution < 1.29 is 0 Å². The first-order chi connectivity index (χ1) is 7.32. The second-order valence-electron chi connectivity index (χ2n) is 6.98. The maximum atomic E-state index is 2.49. The first-order valence-electron chi connectivity index (χ1n) is 7.32. The third kappa shape index (κ3) is 2.81. The van der Waals surface area contributed by atoms with E-state index in [0.29, 0.717) is 5.41 Å². The molecule has 1 rings (SSSR count). The zero-order valence-corrected chi connectivity index (χ0v) is 12.5. The maximum absolute atomic E-state index is 2.49. The molecule has 0 heterocycles. The van der Waals surface area contributed by atoms with Gasteiger partial charge in [-0.2, -0.15) is 0 Å². The Hall–Kier alpha value is 0. The van der Waals surface area contributed by atoms with Crippen LogP contribution in [0, 0.1) is 35.0 Å². The van der Waals surface area contributed by atoms with E-state index >= 15 is 0 Å². The first kappa shape index (κ1) is 14.1. The van der Waals surface area contributed by atoms with Gasteiger partial charge in [0.25, 0.3) is 0 Å². The molecule has 6 unspecified atom stereocenters. The van der Waals surface area contributed by atoms with Gasteiger partial charge in [-0.3, -0.25) is 0 Å². The lowest BCUT2D eigenvalue weighted by Crippen LogP contribution is -2.22. The van der Waals surface area contributed by atoms with Crippen LogP contribution in [0.3, 0.4) is 0 Å². The van der Waals surface area contributed by atoms with Crippen LogP contribution in [0.5, 0.6) is 0 Å². The van der Waals surface area contributed by atoms with E-state index in [1.165, 1.54) is 19.3 Å². The first-order valence-corrected chi connectivity index (χ1v) is 7.32. The summed E-state index contributed by atoms with van der Waals surface area (Å²) in [4.78, 5) is 0. The molecule has 0 bridgehead atoms. The summed E-state index contributed by atoms with van der Waals surface area (Å²) in [7, 11) is 0. The molecule has 16 heavy (non-hydrogen) atoms. The minimum atomic E-state index is 0.661. The van der Waals surface area contributed by atoms with Crippen LogP contribution in [-0.4, -0.2) is 0 Å². The van der Waals surface area contributed by atoms with E-state index in [0.717, 1.165) is 29.6 Å². The van der Waals surface area contributed by atoms with Crippen molar-refractivity contribution >= 4 is 0 Å². The van der Waals surface area contributed by atoms with Gasteiger partial charge in [0.1, 0.15) is 0 Å². The smallest absolute Gasteiger partial charge is 0.0269 e. The molecule has 0 aromatic heterocycles. The molecule has 1 aliphatic rings. The van der Waals surface area contributed by atoms with Crippen molar-refractivity contribution in [3.05, 3.63) is 0 Å². The highest BCUT2D eigenvalue weighted by atomic mass is 14.6. The monoisotopic (exact) mass is 224 g/mol. The Morgan fingerprint density at radius 1 is 1.06 bits per heavy atom. The Morgan fingerprint density at radius 2 is 1.56 bits per heavy atom. The van der Waals surface area contributed by atoms with Crippen LogP contribution in [0.2, 0.25) is 0 Å². The molecule has 0 saturated heterocycles. The van der Waals surface area contributed by atoms with E-state index in [1.54, 1.807) is 0 Å². The Kier molecular flexibility index (Phi) is 4.49. The van der Waals surface area contributed by atoms with Gasteiger partial charge < -0.3 is 0 Å². The van der Waals surface area contributed by atoms with Crippen LogP contribution in [0.25, 0.3) is 0 Å². The van der Waals surface area contributed by atoms with E-state index in [1.807, 2.05) is 0 Å². The third-order valence-electron chi connectivity index (χ3n) is 5.96. The lowest BCUT2D eigenvalue weighted by Gasteiger charge is -2.30. The van der Waals surface area contributed by atoms with Crippen molar-refractivity contribution in [2.45, 2.75) is 67.7 Å². The van der Waals surface area contributed by atoms with Crippen LogP contribution < -0.4 is 0 Å². The molecule has 0 amide bonds. The molecule has 1 fully saturated rings. The van der Waals surface area contributed by atoms with Crippen molar-refractivity contribution in [2.24, 2.45) is 35.0 Å². The standard InChI is InChI=1S/C16H32/c1-8-11(2)12(3)9-13(4)15(6)16(7)10-14(16)5/h11-15H,8-10H2,1-7H3. The fraction of sp³-hybridized carbons (Fsp3) is 1.00. The minimum Gasteiger partial charge on any atom is -0.0651 e. The predicted molar refractivity (Wildman–Crippen MR) is 73.5 cm³/mol. The fourth-order valence-corrected chi connectivity index (χ4v) is 3.31. The predicted octanol–water partition coefficient (Wildman–Crippen LogP) is 5.38. The summed E-state index contributed by atoms with van der Waals surface area (Å²) < 4.78 is 0. The number of hydrogen-bond donors (Lipinski definition) is 0. The largest absolute Gasteiger partial charge is 0.0651 e. The van der Waals surface area contributed by atoms with Crippen molar-refractivity contribution in [3.63, 3.8) is 0 Å². The second kappa shape index (κ2) is 5.10. The highest BCUT2D eigenvalue weighted by Crippen LogP contribution is 2.59. The van der Waals surface area contributed by atoms with Gasteiger partial charge in [-0.1, -0.05) is 54.9 Å². The van der Waals surface area contributed by atoms with Crippen molar-refractivity contribution in [2.75, 3.05) is 0 Å². The molecular weight excluding hydrogens is 192 g/mol. The van der Waals surface area contributed by atoms with Gasteiger partial charge in [0.15, 0.2) is 0 Å². The number of hydrogen-bond acceptors (Lipinski definition) is 0. The summed E-state index contributed by atoms with van der Waals surface area (Å²) in [6.45, 7) is 17.0. The molecule has 0 spiro atoms. The number of rotatable bonds is 6. The molecule has 96 valence electrons. The zero-order chi connectivity index (χ0) is 12.5. The van der Waals surface area contributed by atoms with E-state index in [2.05, 4.69) is 48.5 Å². The van der Waals surface area contributed by atoms with Crippen LogP contribution in [0.15, 0.2) is 0 Å². The quantitative estimate of drug-likeness (QED) is 0.568. The Balaban J connectivity index is 2.43. The van der Waals surface area contributed by atoms with Crippen LogP contribution >= 0.6 is 0 Å². The summed E-state index contributed by atoms with van der Waals surface area (Å²) in [6.07, 6.45) is 4.20. The summed E-state index contributed by atoms with van der Waals surface area (Å²) in [6, 6.07) is 0. The highest BCUT2D eigenvalue weighted by molar-refractivity contribution is 5.00. The van der Waals surface area contributed by atoms with Gasteiger partial charge >= 0.3 is 0 Å². The Morgan fingerprint density at radius 3 is 1.94 bits per heavy atom. The molecular formula is C16H32. The molecule has 1 saturated carbocycles. The van der Waals surface area contributed by atoms with Gasteiger partial charge in [-0.05, 0) is 47.8 Å². The highest BCUT2D eigenvalue weighted by Gasteiger charge is 2.51. The van der Waals surface area contributed by atoms with Gasteiger partial charge in [0, 0.05) is 0 Å². The lowest BCUT2D eigenvalue weighted by atomic mass is 9.75. The summed E-state index contributed by atoms with van der Waals surface area (Å²) in [5.74, 6) is 4.52. The van der Waals surface area contributed by atoms with E-state index in [4.69, 9.17) is 0 Å². The topological polar surface area (TPSA) is 0 Å². The normalized spacial score (nSPS) is 36.6. The lowest BCUT2D eigenvalue weighted by molar-refractivity contribution is 0.191. The van der Waals surface area contributed by atoms with Gasteiger partial charge in [0.05, 0.1) is 0 Å². The molecule has 0 nitrogen and oxygen atoms in total. The fourth-order valence-electron chi connectivity index (χ4n) is 3.31. The Labute approximate surface area is 103 Å². The molecule has 6 atom stereocenters. The zero-order valence-electron chi connectivity index (χ0n) is 12.5. The molecule has 0 aliphatic heterocycles. The van der Waals surface area contributed by atoms with Gasteiger partial charge in [-0.25, -0.2) is 0 Å². The van der Waals surface area contributed by atoms with Gasteiger partial charge in [0.2, 0.25) is 0 Å². The molecule has 0 N–H and O–H groups in total. The van der Waals surface area contributed by atoms with Crippen LogP contribution in [0.4, 0.5) is 0 Å². The summed E-state index contributed by atoms with van der Waals surface area (Å²) in [5, 5.41) is 0. The van der Waals surface area contributed by atoms with Gasteiger partial charge in [-0.15, -0.1) is 0 Å². The minimum absolute atomic E-state index is 0.661. The van der Waals surface area contributed by atoms with E-state index in [9.17, 15) is 0 Å². The molecule has 0 heteroatoms. The molecule has 0 radical (unpaired) electrons. The summed E-state index contributed by atoms with van der Waals surface area (Å²) >= 11 is 0. The molecule has 1 aliphatic carbocycles.